The van der Waals surface area contributed by atoms with Gasteiger partial charge in [0, 0.05) is 36.0 Å². The molecule has 0 saturated carbocycles. The summed E-state index contributed by atoms with van der Waals surface area (Å²) in [6.07, 6.45) is 2.58. The molecule has 4 aromatic rings. The Bertz CT molecular complexity index is 1090. The van der Waals surface area contributed by atoms with E-state index in [9.17, 15) is 4.79 Å². The van der Waals surface area contributed by atoms with Crippen molar-refractivity contribution in [1.82, 2.24) is 14.8 Å². The van der Waals surface area contributed by atoms with Gasteiger partial charge in [0.25, 0.3) is 0 Å². The third kappa shape index (κ3) is 4.94. The normalized spacial score (nSPS) is 10.8. The summed E-state index contributed by atoms with van der Waals surface area (Å²) in [6.45, 7) is 0. The largest absolute Gasteiger partial charge is 0.461 e. The van der Waals surface area contributed by atoms with Gasteiger partial charge >= 0.3 is 0 Å². The Morgan fingerprint density at radius 3 is 2.59 bits per heavy atom. The van der Waals surface area contributed by atoms with E-state index in [-0.39, 0.29) is 5.91 Å². The van der Waals surface area contributed by atoms with Crippen LogP contribution in [0.3, 0.4) is 0 Å². The minimum Gasteiger partial charge on any atom is -0.461 e. The van der Waals surface area contributed by atoms with Crippen LogP contribution in [0.2, 0.25) is 0 Å². The van der Waals surface area contributed by atoms with Gasteiger partial charge in [0.05, 0.1) is 0 Å². The molecule has 4 rings (SSSR count). The molecule has 7 heteroatoms. The van der Waals surface area contributed by atoms with Gasteiger partial charge in [-0.15, -0.1) is 10.2 Å². The van der Waals surface area contributed by atoms with Crippen molar-refractivity contribution in [3.8, 4) is 11.3 Å². The maximum absolute atomic E-state index is 12.3. The zero-order chi connectivity index (χ0) is 20.1. The summed E-state index contributed by atoms with van der Waals surface area (Å²) in [5, 5.41) is 11.7. The Labute approximate surface area is 173 Å². The van der Waals surface area contributed by atoms with Crippen LogP contribution in [0.15, 0.2) is 87.5 Å². The van der Waals surface area contributed by atoms with Crippen molar-refractivity contribution < 1.29 is 9.21 Å². The van der Waals surface area contributed by atoms with Crippen molar-refractivity contribution in [2.75, 3.05) is 5.32 Å². The number of carbonyl (C=O) groups is 1. The third-order valence-corrected chi connectivity index (χ3v) is 5.40. The molecule has 0 spiro atoms. The fourth-order valence-corrected chi connectivity index (χ4v) is 3.57. The van der Waals surface area contributed by atoms with E-state index >= 15 is 0 Å². The van der Waals surface area contributed by atoms with E-state index < -0.39 is 0 Å². The number of hydrogen-bond donors (Lipinski definition) is 1. The van der Waals surface area contributed by atoms with Crippen molar-refractivity contribution >= 4 is 23.4 Å². The third-order valence-electron chi connectivity index (χ3n) is 4.34. The van der Waals surface area contributed by atoms with E-state index in [1.807, 2.05) is 78.3 Å². The molecular formula is C22H20N4O2S. The molecule has 0 aliphatic carbocycles. The molecule has 0 aliphatic heterocycles. The fourth-order valence-electron chi connectivity index (χ4n) is 2.81. The molecule has 0 bridgehead atoms. The highest BCUT2D eigenvalue weighted by atomic mass is 32.2. The topological polar surface area (TPSA) is 73.0 Å². The molecule has 2 aromatic carbocycles. The molecule has 29 heavy (non-hydrogen) atoms. The van der Waals surface area contributed by atoms with Crippen molar-refractivity contribution in [2.24, 2.45) is 7.05 Å². The lowest BCUT2D eigenvalue weighted by Gasteiger charge is -2.06. The fraction of sp³-hybridized carbons (Fsp3) is 0.136. The van der Waals surface area contributed by atoms with Crippen molar-refractivity contribution in [2.45, 2.75) is 22.9 Å². The Balaban J connectivity index is 1.29. The first-order valence-electron chi connectivity index (χ1n) is 9.23. The molecule has 1 N–H and O–H groups in total. The average molecular weight is 404 g/mol. The lowest BCUT2D eigenvalue weighted by atomic mass is 10.2. The van der Waals surface area contributed by atoms with Crippen LogP contribution in [0.25, 0.3) is 11.3 Å². The molecule has 1 amide bonds. The first-order valence-corrected chi connectivity index (χ1v) is 10.0. The zero-order valence-corrected chi connectivity index (χ0v) is 16.7. The number of nitrogens with zero attached hydrogens (tertiary/aromatic N) is 3. The second-order valence-corrected chi connectivity index (χ2v) is 7.57. The predicted octanol–water partition coefficient (Wildman–Crippen LogP) is 4.80. The van der Waals surface area contributed by atoms with E-state index in [0.29, 0.717) is 12.8 Å². The number of furan rings is 1. The van der Waals surface area contributed by atoms with E-state index in [1.165, 1.54) is 11.8 Å². The number of aromatic nitrogens is 3. The molecular weight excluding hydrogens is 384 g/mol. The smallest absolute Gasteiger partial charge is 0.224 e. The van der Waals surface area contributed by atoms with Crippen LogP contribution in [0.5, 0.6) is 0 Å². The second kappa shape index (κ2) is 8.79. The monoisotopic (exact) mass is 404 g/mol. The van der Waals surface area contributed by atoms with E-state index in [1.54, 1.807) is 6.33 Å². The number of nitrogens with one attached hydrogen (secondary N) is 1. The number of aryl methyl sites for hydroxylation is 2. The summed E-state index contributed by atoms with van der Waals surface area (Å²) in [7, 11) is 1.90. The van der Waals surface area contributed by atoms with Gasteiger partial charge in [-0.3, -0.25) is 4.79 Å². The van der Waals surface area contributed by atoms with E-state index in [2.05, 4.69) is 15.5 Å². The molecule has 146 valence electrons. The zero-order valence-electron chi connectivity index (χ0n) is 15.9. The standard InChI is InChI=1S/C22H20N4O2S/c1-26-15-23-25-22(26)29-19-11-7-17(8-12-19)24-21(27)14-10-18-9-13-20(28-18)16-5-3-2-4-6-16/h2-9,11-13,15H,10,14H2,1H3,(H,24,27). The number of hydrogen-bond acceptors (Lipinski definition) is 5. The number of anilines is 1. The molecule has 0 atom stereocenters. The van der Waals surface area contributed by atoms with Gasteiger partial charge in [-0.25, -0.2) is 0 Å². The van der Waals surface area contributed by atoms with Crippen LogP contribution < -0.4 is 5.32 Å². The maximum atomic E-state index is 12.3. The molecule has 2 aromatic heterocycles. The van der Waals surface area contributed by atoms with Gasteiger partial charge in [-0.2, -0.15) is 0 Å². The van der Waals surface area contributed by atoms with Gasteiger partial charge < -0.3 is 14.3 Å². The molecule has 0 unspecified atom stereocenters. The number of rotatable bonds is 7. The molecule has 0 fully saturated rings. The van der Waals surface area contributed by atoms with Gasteiger partial charge in [-0.1, -0.05) is 30.3 Å². The van der Waals surface area contributed by atoms with Crippen LogP contribution in [0.4, 0.5) is 5.69 Å². The summed E-state index contributed by atoms with van der Waals surface area (Å²) >= 11 is 1.52. The van der Waals surface area contributed by atoms with Crippen molar-refractivity contribution in [3.63, 3.8) is 0 Å². The van der Waals surface area contributed by atoms with Gasteiger partial charge in [0.2, 0.25) is 5.91 Å². The number of carbonyl (C=O) groups excluding carboxylic acids is 1. The van der Waals surface area contributed by atoms with E-state index in [0.717, 1.165) is 32.8 Å². The highest BCUT2D eigenvalue weighted by Crippen LogP contribution is 2.26. The van der Waals surface area contributed by atoms with Crippen molar-refractivity contribution in [1.29, 1.82) is 0 Å². The lowest BCUT2D eigenvalue weighted by Crippen LogP contribution is -2.12. The Hall–Kier alpha value is -3.32. The Morgan fingerprint density at radius 1 is 1.07 bits per heavy atom. The predicted molar refractivity (Wildman–Crippen MR) is 113 cm³/mol. The summed E-state index contributed by atoms with van der Waals surface area (Å²) in [4.78, 5) is 13.3. The average Bonchev–Trinajstić information content (AvgIpc) is 3.38. The van der Waals surface area contributed by atoms with Gasteiger partial charge in [-0.05, 0) is 48.2 Å². The first kappa shape index (κ1) is 19.0. The molecule has 6 nitrogen and oxygen atoms in total. The Morgan fingerprint density at radius 2 is 1.86 bits per heavy atom. The quantitative estimate of drug-likeness (QED) is 0.479. The van der Waals surface area contributed by atoms with Gasteiger partial charge in [0.1, 0.15) is 17.8 Å². The minimum absolute atomic E-state index is 0.0450. The first-order chi connectivity index (χ1) is 14.2. The van der Waals surface area contributed by atoms with Crippen molar-refractivity contribution in [3.05, 3.63) is 78.8 Å². The van der Waals surface area contributed by atoms with Crippen LogP contribution in [-0.4, -0.2) is 20.7 Å². The summed E-state index contributed by atoms with van der Waals surface area (Å²) < 4.78 is 7.71. The van der Waals surface area contributed by atoms with Crippen LogP contribution in [0, 0.1) is 0 Å². The highest BCUT2D eigenvalue weighted by Gasteiger charge is 2.09. The number of amides is 1. The number of benzene rings is 2. The van der Waals surface area contributed by atoms with Crippen LogP contribution >= 0.6 is 11.8 Å². The van der Waals surface area contributed by atoms with Crippen LogP contribution in [0.1, 0.15) is 12.2 Å². The second-order valence-electron chi connectivity index (χ2n) is 6.53. The van der Waals surface area contributed by atoms with Crippen LogP contribution in [-0.2, 0) is 18.3 Å². The molecule has 0 aliphatic rings. The molecule has 0 saturated heterocycles. The maximum Gasteiger partial charge on any atom is 0.224 e. The summed E-state index contributed by atoms with van der Waals surface area (Å²) in [6, 6.07) is 21.5. The van der Waals surface area contributed by atoms with E-state index in [4.69, 9.17) is 4.42 Å². The van der Waals surface area contributed by atoms with Gasteiger partial charge in [0.15, 0.2) is 5.16 Å². The SMILES string of the molecule is Cn1cnnc1Sc1ccc(NC(=O)CCc2ccc(-c3ccccc3)o2)cc1. The molecule has 0 radical (unpaired) electrons. The Kier molecular flexibility index (Phi) is 5.76. The lowest BCUT2D eigenvalue weighted by molar-refractivity contribution is -0.116. The summed E-state index contributed by atoms with van der Waals surface area (Å²) in [5.41, 5.74) is 1.80. The highest BCUT2D eigenvalue weighted by molar-refractivity contribution is 7.99. The summed E-state index contributed by atoms with van der Waals surface area (Å²) in [5.74, 6) is 1.57. The molecule has 2 heterocycles. The minimum atomic E-state index is -0.0450.